The number of carbonyl (C=O) groups excluding carboxylic acids is 1. The maximum absolute atomic E-state index is 11.9. The zero-order valence-corrected chi connectivity index (χ0v) is 13.5. The molecular weight excluding hydrogens is 288 g/mol. The van der Waals surface area contributed by atoms with Crippen molar-refractivity contribution in [1.29, 1.82) is 0 Å². The van der Waals surface area contributed by atoms with Crippen LogP contribution in [0.3, 0.4) is 0 Å². The maximum Gasteiger partial charge on any atom is 0.338 e. The highest BCUT2D eigenvalue weighted by atomic mass is 16.5. The van der Waals surface area contributed by atoms with Gasteiger partial charge in [-0.2, -0.15) is 0 Å². The molecule has 0 aliphatic heterocycles. The molecule has 23 heavy (non-hydrogen) atoms. The summed E-state index contributed by atoms with van der Waals surface area (Å²) in [4.78, 5) is 16.7. The van der Waals surface area contributed by atoms with Gasteiger partial charge in [-0.25, -0.2) is 9.78 Å². The Morgan fingerprint density at radius 2 is 1.91 bits per heavy atom. The summed E-state index contributed by atoms with van der Waals surface area (Å²) < 4.78 is 7.28. The monoisotopic (exact) mass is 308 g/mol. The van der Waals surface area contributed by atoms with Crippen molar-refractivity contribution in [3.63, 3.8) is 0 Å². The van der Waals surface area contributed by atoms with Crippen LogP contribution < -0.4 is 0 Å². The summed E-state index contributed by atoms with van der Waals surface area (Å²) in [6.45, 7) is 5.21. The minimum atomic E-state index is -0.305. The Bertz CT molecular complexity index is 822. The van der Waals surface area contributed by atoms with Crippen molar-refractivity contribution in [2.75, 3.05) is 6.61 Å². The fourth-order valence-corrected chi connectivity index (χ4v) is 2.73. The van der Waals surface area contributed by atoms with Gasteiger partial charge in [-0.3, -0.25) is 0 Å². The number of hydrogen-bond donors (Lipinski definition) is 0. The summed E-state index contributed by atoms with van der Waals surface area (Å²) in [7, 11) is 0. The largest absolute Gasteiger partial charge is 0.462 e. The van der Waals surface area contributed by atoms with Crippen molar-refractivity contribution >= 4 is 17.0 Å². The summed E-state index contributed by atoms with van der Waals surface area (Å²) in [6, 6.07) is 15.7. The quantitative estimate of drug-likeness (QED) is 0.660. The summed E-state index contributed by atoms with van der Waals surface area (Å²) in [5.74, 6) is 0.629. The molecule has 2 aromatic carbocycles. The molecule has 0 saturated carbocycles. The zero-order valence-electron chi connectivity index (χ0n) is 13.5. The number of aromatic nitrogens is 2. The zero-order chi connectivity index (χ0) is 16.2. The molecule has 0 amide bonds. The Morgan fingerprint density at radius 1 is 1.13 bits per heavy atom. The second-order valence-electron chi connectivity index (χ2n) is 5.38. The molecule has 0 radical (unpaired) electrons. The molecule has 0 saturated heterocycles. The molecule has 3 aromatic rings. The highest BCUT2D eigenvalue weighted by molar-refractivity contribution is 5.94. The predicted octanol–water partition coefficient (Wildman–Crippen LogP) is 4.29. The normalized spacial score (nSPS) is 10.9. The number of benzene rings is 2. The Kier molecular flexibility index (Phi) is 4.42. The van der Waals surface area contributed by atoms with Gasteiger partial charge in [0.1, 0.15) is 5.82 Å². The smallest absolute Gasteiger partial charge is 0.338 e. The molecule has 0 aliphatic carbocycles. The van der Waals surface area contributed by atoms with Crippen LogP contribution in [-0.2, 0) is 11.3 Å². The number of fused-ring (bicyclic) bond motifs is 1. The third kappa shape index (κ3) is 2.97. The van der Waals surface area contributed by atoms with Gasteiger partial charge in [-0.1, -0.05) is 37.3 Å². The van der Waals surface area contributed by atoms with Crippen molar-refractivity contribution in [2.24, 2.45) is 0 Å². The number of hydrogen-bond acceptors (Lipinski definition) is 3. The minimum absolute atomic E-state index is 0.305. The molecule has 0 atom stereocenters. The molecule has 4 nitrogen and oxygen atoms in total. The highest BCUT2D eigenvalue weighted by Crippen LogP contribution is 2.26. The fourth-order valence-electron chi connectivity index (χ4n) is 2.73. The topological polar surface area (TPSA) is 44.1 Å². The summed E-state index contributed by atoms with van der Waals surface area (Å²) in [6.07, 6.45) is 1.02. The first kappa shape index (κ1) is 15.3. The van der Waals surface area contributed by atoms with Crippen molar-refractivity contribution in [3.8, 4) is 11.4 Å². The average molecular weight is 308 g/mol. The number of nitrogens with zero attached hydrogens (tertiary/aromatic N) is 2. The van der Waals surface area contributed by atoms with E-state index in [0.29, 0.717) is 12.2 Å². The van der Waals surface area contributed by atoms with Crippen LogP contribution in [0.25, 0.3) is 22.4 Å². The molecule has 0 N–H and O–H groups in total. The fraction of sp³-hybridized carbons (Fsp3) is 0.263. The van der Waals surface area contributed by atoms with Crippen LogP contribution in [0.1, 0.15) is 30.6 Å². The van der Waals surface area contributed by atoms with E-state index < -0.39 is 0 Å². The van der Waals surface area contributed by atoms with Gasteiger partial charge in [-0.05, 0) is 31.5 Å². The molecule has 0 bridgehead atoms. The van der Waals surface area contributed by atoms with Gasteiger partial charge in [0.25, 0.3) is 0 Å². The summed E-state index contributed by atoms with van der Waals surface area (Å²) >= 11 is 0. The van der Waals surface area contributed by atoms with Gasteiger partial charge in [0.2, 0.25) is 0 Å². The molecule has 1 aromatic heterocycles. The van der Waals surface area contributed by atoms with Crippen LogP contribution in [-0.4, -0.2) is 22.1 Å². The van der Waals surface area contributed by atoms with E-state index in [1.165, 1.54) is 0 Å². The third-order valence-electron chi connectivity index (χ3n) is 3.74. The van der Waals surface area contributed by atoms with Crippen molar-refractivity contribution in [3.05, 3.63) is 54.1 Å². The molecule has 1 heterocycles. The summed E-state index contributed by atoms with van der Waals surface area (Å²) in [5.41, 5.74) is 3.48. The first-order valence-corrected chi connectivity index (χ1v) is 7.97. The Balaban J connectivity index is 2.13. The molecular formula is C19H20N2O2. The van der Waals surface area contributed by atoms with Crippen LogP contribution >= 0.6 is 0 Å². The summed E-state index contributed by atoms with van der Waals surface area (Å²) in [5, 5.41) is 0. The van der Waals surface area contributed by atoms with E-state index in [1.807, 2.05) is 36.4 Å². The van der Waals surface area contributed by atoms with Crippen molar-refractivity contribution < 1.29 is 9.53 Å². The molecule has 0 aliphatic rings. The SMILES string of the molecule is CCCn1c(-c2ccccc2)nc2cc(C(=O)OCC)ccc21. The lowest BCUT2D eigenvalue weighted by Gasteiger charge is -2.08. The Labute approximate surface area is 135 Å². The molecule has 0 fully saturated rings. The number of rotatable bonds is 5. The lowest BCUT2D eigenvalue weighted by molar-refractivity contribution is 0.0526. The van der Waals surface area contributed by atoms with Gasteiger partial charge in [0, 0.05) is 12.1 Å². The van der Waals surface area contributed by atoms with E-state index in [2.05, 4.69) is 23.6 Å². The molecule has 0 unspecified atom stereocenters. The number of aryl methyl sites for hydroxylation is 1. The second kappa shape index (κ2) is 6.65. The van der Waals surface area contributed by atoms with Gasteiger partial charge in [0.15, 0.2) is 0 Å². The van der Waals surface area contributed by atoms with Gasteiger partial charge in [0.05, 0.1) is 23.2 Å². The molecule has 3 rings (SSSR count). The Hall–Kier alpha value is -2.62. The number of ether oxygens (including phenoxy) is 1. The number of carbonyl (C=O) groups is 1. The predicted molar refractivity (Wildman–Crippen MR) is 91.4 cm³/mol. The van der Waals surface area contributed by atoms with Crippen LogP contribution in [0, 0.1) is 0 Å². The van der Waals surface area contributed by atoms with Crippen LogP contribution in [0.4, 0.5) is 0 Å². The van der Waals surface area contributed by atoms with Gasteiger partial charge < -0.3 is 9.30 Å². The third-order valence-corrected chi connectivity index (χ3v) is 3.74. The molecule has 0 spiro atoms. The van der Waals surface area contributed by atoms with Crippen molar-refractivity contribution in [2.45, 2.75) is 26.8 Å². The van der Waals surface area contributed by atoms with E-state index in [0.717, 1.165) is 35.4 Å². The molecule has 118 valence electrons. The van der Waals surface area contributed by atoms with E-state index in [1.54, 1.807) is 6.92 Å². The van der Waals surface area contributed by atoms with Crippen LogP contribution in [0.15, 0.2) is 48.5 Å². The maximum atomic E-state index is 11.9. The van der Waals surface area contributed by atoms with E-state index >= 15 is 0 Å². The van der Waals surface area contributed by atoms with E-state index in [4.69, 9.17) is 9.72 Å². The number of esters is 1. The second-order valence-corrected chi connectivity index (χ2v) is 5.38. The first-order valence-electron chi connectivity index (χ1n) is 7.97. The van der Waals surface area contributed by atoms with Gasteiger partial charge >= 0.3 is 5.97 Å². The van der Waals surface area contributed by atoms with E-state index in [-0.39, 0.29) is 5.97 Å². The van der Waals surface area contributed by atoms with Crippen LogP contribution in [0.5, 0.6) is 0 Å². The lowest BCUT2D eigenvalue weighted by atomic mass is 10.2. The van der Waals surface area contributed by atoms with E-state index in [9.17, 15) is 4.79 Å². The first-order chi connectivity index (χ1) is 11.2. The molecule has 4 heteroatoms. The highest BCUT2D eigenvalue weighted by Gasteiger charge is 2.14. The minimum Gasteiger partial charge on any atom is -0.462 e. The standard InChI is InChI=1S/C19H20N2O2/c1-3-12-21-17-11-10-15(19(22)23-4-2)13-16(17)20-18(21)14-8-6-5-7-9-14/h5-11,13H,3-4,12H2,1-2H3. The lowest BCUT2D eigenvalue weighted by Crippen LogP contribution is -2.04. The number of imidazole rings is 1. The Morgan fingerprint density at radius 3 is 2.61 bits per heavy atom. The average Bonchev–Trinajstić information content (AvgIpc) is 2.94. The van der Waals surface area contributed by atoms with Crippen LogP contribution in [0.2, 0.25) is 0 Å². The van der Waals surface area contributed by atoms with Gasteiger partial charge in [-0.15, -0.1) is 0 Å². The van der Waals surface area contributed by atoms with Crippen molar-refractivity contribution in [1.82, 2.24) is 9.55 Å².